The van der Waals surface area contributed by atoms with Crippen molar-refractivity contribution in [2.75, 3.05) is 19.3 Å². The van der Waals surface area contributed by atoms with Crippen molar-refractivity contribution in [2.24, 2.45) is 0 Å². The minimum absolute atomic E-state index is 0.741. The molecule has 1 aromatic carbocycles. The molecule has 18 heavy (non-hydrogen) atoms. The molecule has 1 aliphatic heterocycles. The molecule has 2 nitrogen and oxygen atoms in total. The van der Waals surface area contributed by atoms with E-state index in [0.717, 1.165) is 19.1 Å². The number of rotatable bonds is 6. The second-order valence-electron chi connectivity index (χ2n) is 4.96. The highest BCUT2D eigenvalue weighted by Crippen LogP contribution is 2.14. The molecule has 1 unspecified atom stereocenters. The summed E-state index contributed by atoms with van der Waals surface area (Å²) in [6.07, 6.45) is 7.47. The van der Waals surface area contributed by atoms with E-state index >= 15 is 0 Å². The number of nitrogens with one attached hydrogen (secondary N) is 2. The van der Waals surface area contributed by atoms with Crippen LogP contribution in [0, 0.1) is 0 Å². The average molecular weight is 264 g/mol. The van der Waals surface area contributed by atoms with Gasteiger partial charge in [0.2, 0.25) is 0 Å². The first kappa shape index (κ1) is 13.9. The third-order valence-electron chi connectivity index (χ3n) is 3.57. The normalized spacial score (nSPS) is 19.9. The molecule has 2 rings (SSSR count). The number of piperidine rings is 1. The Hall–Kier alpha value is -0.510. The van der Waals surface area contributed by atoms with E-state index in [-0.39, 0.29) is 0 Å². The third-order valence-corrected chi connectivity index (χ3v) is 4.31. The summed E-state index contributed by atoms with van der Waals surface area (Å²) in [5.41, 5.74) is 1.38. The molecule has 1 atom stereocenters. The van der Waals surface area contributed by atoms with Gasteiger partial charge in [0.05, 0.1) is 0 Å². The first-order valence-corrected chi connectivity index (χ1v) is 8.18. The van der Waals surface area contributed by atoms with E-state index in [1.165, 1.54) is 42.7 Å². The van der Waals surface area contributed by atoms with E-state index in [4.69, 9.17) is 0 Å². The molecule has 0 aliphatic carbocycles. The highest BCUT2D eigenvalue weighted by atomic mass is 32.2. The molecule has 2 N–H and O–H groups in total. The summed E-state index contributed by atoms with van der Waals surface area (Å²) in [7, 11) is 0. The molecule has 1 aromatic rings. The van der Waals surface area contributed by atoms with Gasteiger partial charge < -0.3 is 10.6 Å². The van der Waals surface area contributed by atoms with Crippen LogP contribution in [0.4, 0.5) is 0 Å². The molecule has 3 heteroatoms. The van der Waals surface area contributed by atoms with Gasteiger partial charge in [-0.1, -0.05) is 18.6 Å². The van der Waals surface area contributed by atoms with Gasteiger partial charge in [-0.15, -0.1) is 11.8 Å². The fourth-order valence-corrected chi connectivity index (χ4v) is 2.83. The van der Waals surface area contributed by atoms with Gasteiger partial charge in [0.1, 0.15) is 0 Å². The summed E-state index contributed by atoms with van der Waals surface area (Å²) >= 11 is 1.80. The Bertz CT molecular complexity index is 331. The van der Waals surface area contributed by atoms with Gasteiger partial charge in [-0.25, -0.2) is 0 Å². The predicted molar refractivity (Wildman–Crippen MR) is 80.2 cm³/mol. The molecule has 0 bridgehead atoms. The highest BCUT2D eigenvalue weighted by molar-refractivity contribution is 7.98. The Morgan fingerprint density at radius 3 is 2.78 bits per heavy atom. The van der Waals surface area contributed by atoms with Crippen molar-refractivity contribution in [3.8, 4) is 0 Å². The molecule has 100 valence electrons. The second-order valence-corrected chi connectivity index (χ2v) is 5.84. The summed E-state index contributed by atoms with van der Waals surface area (Å²) in [6, 6.07) is 9.58. The summed E-state index contributed by atoms with van der Waals surface area (Å²) < 4.78 is 0. The van der Waals surface area contributed by atoms with Crippen LogP contribution in [0.1, 0.15) is 31.2 Å². The molecule has 1 saturated heterocycles. The molecular formula is C15H24N2S. The van der Waals surface area contributed by atoms with E-state index in [1.807, 2.05) is 0 Å². The molecule has 1 fully saturated rings. The zero-order valence-electron chi connectivity index (χ0n) is 11.2. The van der Waals surface area contributed by atoms with Crippen LogP contribution < -0.4 is 10.6 Å². The lowest BCUT2D eigenvalue weighted by atomic mass is 10.0. The molecule has 1 aliphatic rings. The van der Waals surface area contributed by atoms with Crippen LogP contribution in [0.25, 0.3) is 0 Å². The van der Waals surface area contributed by atoms with Gasteiger partial charge in [-0.05, 0) is 56.3 Å². The zero-order valence-corrected chi connectivity index (χ0v) is 12.1. The van der Waals surface area contributed by atoms with E-state index in [0.29, 0.717) is 0 Å². The number of thioether (sulfide) groups is 1. The average Bonchev–Trinajstić information content (AvgIpc) is 2.45. The molecular weight excluding hydrogens is 240 g/mol. The van der Waals surface area contributed by atoms with Crippen molar-refractivity contribution in [1.29, 1.82) is 0 Å². The van der Waals surface area contributed by atoms with Crippen LogP contribution >= 0.6 is 11.8 Å². The number of benzene rings is 1. The van der Waals surface area contributed by atoms with E-state index in [9.17, 15) is 0 Å². The third kappa shape index (κ3) is 4.63. The summed E-state index contributed by atoms with van der Waals surface area (Å²) in [6.45, 7) is 3.31. The molecule has 0 spiro atoms. The lowest BCUT2D eigenvalue weighted by Crippen LogP contribution is -2.36. The summed E-state index contributed by atoms with van der Waals surface area (Å²) in [4.78, 5) is 1.34. The van der Waals surface area contributed by atoms with Gasteiger partial charge >= 0.3 is 0 Å². The zero-order chi connectivity index (χ0) is 12.6. The van der Waals surface area contributed by atoms with Crippen molar-refractivity contribution in [3.05, 3.63) is 29.8 Å². The van der Waals surface area contributed by atoms with Crippen LogP contribution in [0.3, 0.4) is 0 Å². The van der Waals surface area contributed by atoms with E-state index in [1.54, 1.807) is 11.8 Å². The minimum Gasteiger partial charge on any atom is -0.314 e. The number of hydrogen-bond donors (Lipinski definition) is 2. The van der Waals surface area contributed by atoms with Gasteiger partial charge in [0.25, 0.3) is 0 Å². The Morgan fingerprint density at radius 1 is 1.28 bits per heavy atom. The first-order valence-electron chi connectivity index (χ1n) is 6.95. The van der Waals surface area contributed by atoms with E-state index in [2.05, 4.69) is 41.2 Å². The maximum Gasteiger partial charge on any atom is 0.0205 e. The lowest BCUT2D eigenvalue weighted by Gasteiger charge is -2.23. The maximum absolute atomic E-state index is 3.59. The summed E-state index contributed by atoms with van der Waals surface area (Å²) in [5, 5.41) is 7.13. The van der Waals surface area contributed by atoms with Crippen LogP contribution in [0.2, 0.25) is 0 Å². The van der Waals surface area contributed by atoms with Gasteiger partial charge in [-0.3, -0.25) is 0 Å². The van der Waals surface area contributed by atoms with Crippen molar-refractivity contribution in [3.63, 3.8) is 0 Å². The first-order chi connectivity index (χ1) is 8.88. The fraction of sp³-hybridized carbons (Fsp3) is 0.600. The van der Waals surface area contributed by atoms with Crippen molar-refractivity contribution < 1.29 is 0 Å². The van der Waals surface area contributed by atoms with Crippen LogP contribution in [-0.4, -0.2) is 25.4 Å². The summed E-state index contributed by atoms with van der Waals surface area (Å²) in [5.74, 6) is 0. The smallest absolute Gasteiger partial charge is 0.0205 e. The predicted octanol–water partition coefficient (Wildman–Crippen LogP) is 3.03. The fourth-order valence-electron chi connectivity index (χ4n) is 2.42. The van der Waals surface area contributed by atoms with Crippen molar-refractivity contribution in [1.82, 2.24) is 10.6 Å². The van der Waals surface area contributed by atoms with Crippen molar-refractivity contribution in [2.45, 2.75) is 43.2 Å². The molecule has 0 radical (unpaired) electrons. The highest BCUT2D eigenvalue weighted by Gasteiger charge is 2.11. The maximum atomic E-state index is 3.59. The minimum atomic E-state index is 0.741. The van der Waals surface area contributed by atoms with Crippen molar-refractivity contribution >= 4 is 11.8 Å². The second kappa shape index (κ2) is 7.82. The molecule has 0 saturated carbocycles. The standard InChI is InChI=1S/C15H24N2S/c1-18-15-7-5-13(6-8-15)12-16-11-9-14-4-2-3-10-17-14/h5-8,14,16-17H,2-4,9-12H2,1H3. The van der Waals surface area contributed by atoms with Crippen LogP contribution in [0.15, 0.2) is 29.2 Å². The molecule has 1 heterocycles. The Kier molecular flexibility index (Phi) is 6.05. The van der Waals surface area contributed by atoms with Crippen LogP contribution in [-0.2, 0) is 6.54 Å². The van der Waals surface area contributed by atoms with Crippen LogP contribution in [0.5, 0.6) is 0 Å². The Morgan fingerprint density at radius 2 is 2.11 bits per heavy atom. The lowest BCUT2D eigenvalue weighted by molar-refractivity contribution is 0.376. The van der Waals surface area contributed by atoms with E-state index < -0.39 is 0 Å². The topological polar surface area (TPSA) is 24.1 Å². The number of hydrogen-bond acceptors (Lipinski definition) is 3. The molecule has 0 aromatic heterocycles. The van der Waals surface area contributed by atoms with Gasteiger partial charge in [0.15, 0.2) is 0 Å². The Labute approximate surface area is 115 Å². The van der Waals surface area contributed by atoms with Gasteiger partial charge in [-0.2, -0.15) is 0 Å². The quantitative estimate of drug-likeness (QED) is 0.610. The Balaban J connectivity index is 1.62. The monoisotopic (exact) mass is 264 g/mol. The SMILES string of the molecule is CSc1ccc(CNCCC2CCCCN2)cc1. The largest absolute Gasteiger partial charge is 0.314 e. The van der Waals surface area contributed by atoms with Gasteiger partial charge in [0, 0.05) is 17.5 Å². The molecule has 0 amide bonds.